The molecule has 4 nitrogen and oxygen atoms in total. The lowest BCUT2D eigenvalue weighted by atomic mass is 10.2. The Labute approximate surface area is 102 Å². The minimum atomic E-state index is -2.90. The van der Waals surface area contributed by atoms with Gasteiger partial charge in [-0.2, -0.15) is 0 Å². The van der Waals surface area contributed by atoms with Gasteiger partial charge in [-0.05, 0) is 30.1 Å². The molecule has 0 unspecified atom stereocenters. The average molecular weight is 267 g/mol. The normalized spacial score (nSPS) is 11.4. The molecule has 0 saturated heterocycles. The van der Waals surface area contributed by atoms with E-state index in [9.17, 15) is 13.2 Å². The number of hydrogen-bond donors (Lipinski definition) is 1. The number of carbonyl (C=O) groups is 1. The molecule has 0 aliphatic rings. The van der Waals surface area contributed by atoms with Crippen LogP contribution >= 0.6 is 10.8 Å². The van der Waals surface area contributed by atoms with Crippen LogP contribution in [0, 0.1) is 0 Å². The number of carbonyl (C=O) groups excluding carboxylic acids is 1. The Balaban J connectivity index is 3.30. The van der Waals surface area contributed by atoms with Gasteiger partial charge < -0.3 is 5.32 Å². The maximum absolute atomic E-state index is 11.2. The van der Waals surface area contributed by atoms with Crippen LogP contribution in [0.1, 0.15) is 39.0 Å². The highest BCUT2D eigenvalue weighted by atomic mass is 33.1. The van der Waals surface area contributed by atoms with Gasteiger partial charge in [-0.3, -0.25) is 4.79 Å². The second kappa shape index (κ2) is 8.87. The molecule has 0 rings (SSSR count). The summed E-state index contributed by atoms with van der Waals surface area (Å²) >= 11 is 0. The molecule has 0 aliphatic carbocycles. The van der Waals surface area contributed by atoms with E-state index in [1.807, 2.05) is 6.92 Å². The van der Waals surface area contributed by atoms with E-state index in [2.05, 4.69) is 5.32 Å². The van der Waals surface area contributed by atoms with Crippen LogP contribution in [0.5, 0.6) is 0 Å². The van der Waals surface area contributed by atoms with Crippen LogP contribution in [0.15, 0.2) is 0 Å². The standard InChI is InChI=1S/C10H21NO3S2/c1-3-8-11-10(12)7-5-4-6-9-15-16(2,13)14/h3-9H2,1-2H3,(H,11,12). The monoisotopic (exact) mass is 267 g/mol. The fraction of sp³-hybridized carbons (Fsp3) is 0.900. The number of hydrogen-bond acceptors (Lipinski definition) is 4. The highest BCUT2D eigenvalue weighted by Gasteiger charge is 2.03. The predicted molar refractivity (Wildman–Crippen MR) is 69.1 cm³/mol. The van der Waals surface area contributed by atoms with E-state index in [1.54, 1.807) is 0 Å². The molecule has 0 heterocycles. The third kappa shape index (κ3) is 11.8. The zero-order chi connectivity index (χ0) is 12.4. The van der Waals surface area contributed by atoms with Gasteiger partial charge in [-0.25, -0.2) is 8.42 Å². The lowest BCUT2D eigenvalue weighted by Crippen LogP contribution is -2.23. The molecule has 1 amide bonds. The molecule has 96 valence electrons. The molecule has 0 aromatic rings. The highest BCUT2D eigenvalue weighted by molar-refractivity contribution is 8.71. The summed E-state index contributed by atoms with van der Waals surface area (Å²) in [4.78, 5) is 11.2. The van der Waals surface area contributed by atoms with Crippen molar-refractivity contribution in [3.05, 3.63) is 0 Å². The SMILES string of the molecule is CCCNC(=O)CCCCCSS(C)(=O)=O. The van der Waals surface area contributed by atoms with Gasteiger partial charge in [0.2, 0.25) is 5.91 Å². The van der Waals surface area contributed by atoms with Gasteiger partial charge in [0.15, 0.2) is 8.87 Å². The maximum Gasteiger partial charge on any atom is 0.219 e. The van der Waals surface area contributed by atoms with Gasteiger partial charge in [0, 0.05) is 25.0 Å². The van der Waals surface area contributed by atoms with Crippen molar-refractivity contribution in [2.75, 3.05) is 18.6 Å². The van der Waals surface area contributed by atoms with E-state index >= 15 is 0 Å². The molecule has 0 saturated carbocycles. The fourth-order valence-corrected chi connectivity index (χ4v) is 3.01. The topological polar surface area (TPSA) is 63.2 Å². The van der Waals surface area contributed by atoms with E-state index in [0.29, 0.717) is 12.2 Å². The smallest absolute Gasteiger partial charge is 0.219 e. The van der Waals surface area contributed by atoms with Crippen LogP contribution in [0.2, 0.25) is 0 Å². The van der Waals surface area contributed by atoms with E-state index in [4.69, 9.17) is 0 Å². The molecule has 0 aliphatic heterocycles. The molecule has 0 fully saturated rings. The third-order valence-electron chi connectivity index (χ3n) is 1.92. The summed E-state index contributed by atoms with van der Waals surface area (Å²) in [5.41, 5.74) is 0. The summed E-state index contributed by atoms with van der Waals surface area (Å²) in [5, 5.41) is 2.81. The minimum Gasteiger partial charge on any atom is -0.356 e. The number of nitrogens with one attached hydrogen (secondary N) is 1. The number of amides is 1. The number of rotatable bonds is 9. The van der Waals surface area contributed by atoms with E-state index < -0.39 is 8.87 Å². The Kier molecular flexibility index (Phi) is 8.74. The second-order valence-corrected chi connectivity index (χ2v) is 8.26. The van der Waals surface area contributed by atoms with Crippen LogP contribution in [0.4, 0.5) is 0 Å². The molecule has 0 aromatic heterocycles. The molecule has 0 spiro atoms. The Morgan fingerprint density at radius 3 is 2.50 bits per heavy atom. The molecule has 0 aromatic carbocycles. The van der Waals surface area contributed by atoms with E-state index in [0.717, 1.165) is 43.0 Å². The maximum atomic E-state index is 11.2. The molecular weight excluding hydrogens is 246 g/mol. The molecule has 1 N–H and O–H groups in total. The van der Waals surface area contributed by atoms with Crippen LogP contribution in [0.3, 0.4) is 0 Å². The zero-order valence-electron chi connectivity index (χ0n) is 9.99. The summed E-state index contributed by atoms with van der Waals surface area (Å²) in [6.07, 6.45) is 5.30. The molecule has 0 bridgehead atoms. The first-order valence-electron chi connectivity index (χ1n) is 5.57. The summed E-state index contributed by atoms with van der Waals surface area (Å²) in [6, 6.07) is 0. The van der Waals surface area contributed by atoms with Gasteiger partial charge in [0.05, 0.1) is 0 Å². The van der Waals surface area contributed by atoms with Crippen molar-refractivity contribution in [2.24, 2.45) is 0 Å². The van der Waals surface area contributed by atoms with Gasteiger partial charge in [-0.15, -0.1) is 0 Å². The molecule has 0 radical (unpaired) electrons. The Morgan fingerprint density at radius 1 is 1.25 bits per heavy atom. The van der Waals surface area contributed by atoms with Crippen molar-refractivity contribution in [1.29, 1.82) is 0 Å². The molecular formula is C10H21NO3S2. The summed E-state index contributed by atoms with van der Waals surface area (Å²) in [5.74, 6) is 0.715. The van der Waals surface area contributed by atoms with Crippen LogP contribution in [0.25, 0.3) is 0 Å². The zero-order valence-corrected chi connectivity index (χ0v) is 11.6. The van der Waals surface area contributed by atoms with Crippen molar-refractivity contribution in [3.63, 3.8) is 0 Å². The first kappa shape index (κ1) is 15.8. The first-order valence-corrected chi connectivity index (χ1v) is 8.96. The highest BCUT2D eigenvalue weighted by Crippen LogP contribution is 2.13. The van der Waals surface area contributed by atoms with Crippen molar-refractivity contribution in [3.8, 4) is 0 Å². The lowest BCUT2D eigenvalue weighted by Gasteiger charge is -2.03. The van der Waals surface area contributed by atoms with Gasteiger partial charge in [-0.1, -0.05) is 13.3 Å². The van der Waals surface area contributed by atoms with E-state index in [1.165, 1.54) is 6.26 Å². The Morgan fingerprint density at radius 2 is 1.94 bits per heavy atom. The minimum absolute atomic E-state index is 0.0950. The Hall–Kier alpha value is -0.230. The second-order valence-electron chi connectivity index (χ2n) is 3.69. The molecule has 0 atom stereocenters. The molecule has 16 heavy (non-hydrogen) atoms. The lowest BCUT2D eigenvalue weighted by molar-refractivity contribution is -0.121. The van der Waals surface area contributed by atoms with Gasteiger partial charge in [0.1, 0.15) is 0 Å². The largest absolute Gasteiger partial charge is 0.356 e. The van der Waals surface area contributed by atoms with Crippen molar-refractivity contribution < 1.29 is 13.2 Å². The van der Waals surface area contributed by atoms with Crippen LogP contribution < -0.4 is 5.32 Å². The predicted octanol–water partition coefficient (Wildman–Crippen LogP) is 1.77. The average Bonchev–Trinajstić information content (AvgIpc) is 2.18. The van der Waals surface area contributed by atoms with E-state index in [-0.39, 0.29) is 5.91 Å². The van der Waals surface area contributed by atoms with Gasteiger partial charge in [0.25, 0.3) is 0 Å². The summed E-state index contributed by atoms with van der Waals surface area (Å²) < 4.78 is 21.6. The van der Waals surface area contributed by atoms with Crippen molar-refractivity contribution in [1.82, 2.24) is 5.32 Å². The first-order chi connectivity index (χ1) is 7.45. The Bertz CT molecular complexity index is 288. The quantitative estimate of drug-likeness (QED) is 0.511. The third-order valence-corrected chi connectivity index (χ3v) is 4.59. The molecule has 6 heteroatoms. The van der Waals surface area contributed by atoms with Crippen LogP contribution in [-0.2, 0) is 13.7 Å². The number of unbranched alkanes of at least 4 members (excludes halogenated alkanes) is 2. The fourth-order valence-electron chi connectivity index (χ4n) is 1.13. The van der Waals surface area contributed by atoms with Crippen molar-refractivity contribution >= 4 is 25.6 Å². The van der Waals surface area contributed by atoms with Crippen molar-refractivity contribution in [2.45, 2.75) is 39.0 Å². The van der Waals surface area contributed by atoms with Gasteiger partial charge >= 0.3 is 0 Å². The summed E-state index contributed by atoms with van der Waals surface area (Å²) in [6.45, 7) is 2.76. The summed E-state index contributed by atoms with van der Waals surface area (Å²) in [7, 11) is -1.92. The van der Waals surface area contributed by atoms with Crippen LogP contribution in [-0.4, -0.2) is 32.9 Å².